The summed E-state index contributed by atoms with van der Waals surface area (Å²) >= 11 is 0. The van der Waals surface area contributed by atoms with E-state index in [9.17, 15) is 14.4 Å². The van der Waals surface area contributed by atoms with Crippen LogP contribution in [0.15, 0.2) is 64.2 Å². The molecule has 1 amide bonds. The molecule has 0 unspecified atom stereocenters. The van der Waals surface area contributed by atoms with Gasteiger partial charge in [0.05, 0.1) is 25.0 Å². The normalized spacial score (nSPS) is 11.0. The van der Waals surface area contributed by atoms with E-state index >= 15 is 0 Å². The molecule has 0 spiro atoms. The maximum atomic E-state index is 13.5. The maximum absolute atomic E-state index is 13.5. The minimum Gasteiger partial charge on any atom is -0.495 e. The van der Waals surface area contributed by atoms with Crippen molar-refractivity contribution >= 4 is 22.6 Å². The van der Waals surface area contributed by atoms with Crippen LogP contribution in [0.3, 0.4) is 0 Å². The van der Waals surface area contributed by atoms with Crippen molar-refractivity contribution in [3.05, 3.63) is 86.7 Å². The molecule has 0 aliphatic heterocycles. The first-order chi connectivity index (χ1) is 15.9. The number of aromatic nitrogens is 4. The van der Waals surface area contributed by atoms with Gasteiger partial charge in [0.2, 0.25) is 5.91 Å². The molecule has 2 aromatic heterocycles. The average molecular weight is 447 g/mol. The molecule has 9 nitrogen and oxygen atoms in total. The molecule has 0 fully saturated rings. The van der Waals surface area contributed by atoms with Gasteiger partial charge in [-0.25, -0.2) is 4.79 Å². The van der Waals surface area contributed by atoms with Gasteiger partial charge in [0.25, 0.3) is 5.56 Å². The van der Waals surface area contributed by atoms with E-state index in [-0.39, 0.29) is 13.1 Å². The number of hydrogen-bond donors (Lipinski definition) is 1. The van der Waals surface area contributed by atoms with Crippen molar-refractivity contribution in [3.8, 4) is 5.75 Å². The zero-order chi connectivity index (χ0) is 23.5. The first-order valence-electron chi connectivity index (χ1n) is 10.6. The number of anilines is 1. The molecule has 0 radical (unpaired) electrons. The van der Waals surface area contributed by atoms with E-state index in [0.717, 1.165) is 10.1 Å². The van der Waals surface area contributed by atoms with Crippen LogP contribution >= 0.6 is 0 Å². The van der Waals surface area contributed by atoms with Crippen LogP contribution in [0.5, 0.6) is 5.75 Å². The van der Waals surface area contributed by atoms with E-state index in [2.05, 4.69) is 10.4 Å². The Kier molecular flexibility index (Phi) is 6.12. The Morgan fingerprint density at radius 2 is 1.70 bits per heavy atom. The number of nitrogens with one attached hydrogen (secondary N) is 1. The highest BCUT2D eigenvalue weighted by Gasteiger charge is 2.22. The summed E-state index contributed by atoms with van der Waals surface area (Å²) in [5.74, 6) is 0.0869. The Bertz CT molecular complexity index is 1430. The number of benzene rings is 2. The molecule has 1 N–H and O–H groups in total. The zero-order valence-electron chi connectivity index (χ0n) is 18.7. The SMILES string of the molecule is CCn1nc(C)c2c1c(=O)n(Cc1ccccc1)c(=O)n2CC(=O)Nc1ccccc1OC. The third-order valence-corrected chi connectivity index (χ3v) is 5.44. The van der Waals surface area contributed by atoms with E-state index in [4.69, 9.17) is 4.74 Å². The Morgan fingerprint density at radius 3 is 2.39 bits per heavy atom. The molecule has 9 heteroatoms. The van der Waals surface area contributed by atoms with Crippen LogP contribution in [0.1, 0.15) is 18.2 Å². The molecular weight excluding hydrogens is 422 g/mol. The number of carbonyl (C=O) groups excluding carboxylic acids is 1. The van der Waals surface area contributed by atoms with Crippen LogP contribution in [-0.4, -0.2) is 31.9 Å². The molecule has 0 bridgehead atoms. The van der Waals surface area contributed by atoms with Gasteiger partial charge >= 0.3 is 5.69 Å². The molecular formula is C24H25N5O4. The number of fused-ring (bicyclic) bond motifs is 1. The number of carbonyl (C=O) groups is 1. The summed E-state index contributed by atoms with van der Waals surface area (Å²) in [5, 5.41) is 7.22. The summed E-state index contributed by atoms with van der Waals surface area (Å²) < 4.78 is 9.33. The number of para-hydroxylation sites is 2. The molecule has 2 aromatic carbocycles. The van der Waals surface area contributed by atoms with Gasteiger partial charge in [-0.3, -0.25) is 23.4 Å². The van der Waals surface area contributed by atoms with Crippen LogP contribution in [-0.2, 0) is 24.4 Å². The molecule has 33 heavy (non-hydrogen) atoms. The molecule has 0 aliphatic carbocycles. The fraction of sp³-hybridized carbons (Fsp3) is 0.250. The van der Waals surface area contributed by atoms with E-state index < -0.39 is 17.2 Å². The van der Waals surface area contributed by atoms with Crippen LogP contribution in [0.2, 0.25) is 0 Å². The quantitative estimate of drug-likeness (QED) is 0.469. The van der Waals surface area contributed by atoms with E-state index in [0.29, 0.717) is 34.7 Å². The number of aryl methyl sites for hydroxylation is 2. The largest absolute Gasteiger partial charge is 0.495 e. The van der Waals surface area contributed by atoms with Crippen LogP contribution < -0.4 is 21.3 Å². The standard InChI is InChI=1S/C24H25N5O4/c1-4-29-22-21(16(2)26-29)27(15-20(30)25-18-12-8-9-13-19(18)33-3)24(32)28(23(22)31)14-17-10-6-5-7-11-17/h5-13H,4,14-15H2,1-3H3,(H,25,30). The fourth-order valence-corrected chi connectivity index (χ4v) is 3.93. The van der Waals surface area contributed by atoms with Crippen molar-refractivity contribution in [2.75, 3.05) is 12.4 Å². The van der Waals surface area contributed by atoms with Crippen molar-refractivity contribution in [1.29, 1.82) is 0 Å². The van der Waals surface area contributed by atoms with E-state index in [1.165, 1.54) is 11.7 Å². The molecule has 0 saturated carbocycles. The highest BCUT2D eigenvalue weighted by Crippen LogP contribution is 2.23. The van der Waals surface area contributed by atoms with Gasteiger partial charge in [0.1, 0.15) is 17.8 Å². The number of ether oxygens (including phenoxy) is 1. The first-order valence-corrected chi connectivity index (χ1v) is 10.6. The second-order valence-corrected chi connectivity index (χ2v) is 7.59. The van der Waals surface area contributed by atoms with Gasteiger partial charge in [-0.2, -0.15) is 5.10 Å². The predicted molar refractivity (Wildman–Crippen MR) is 126 cm³/mol. The van der Waals surface area contributed by atoms with Gasteiger partial charge in [0, 0.05) is 6.54 Å². The summed E-state index contributed by atoms with van der Waals surface area (Å²) in [6.45, 7) is 3.87. The molecule has 170 valence electrons. The topological polar surface area (TPSA) is 100 Å². The zero-order valence-corrected chi connectivity index (χ0v) is 18.7. The van der Waals surface area contributed by atoms with Gasteiger partial charge in [-0.15, -0.1) is 0 Å². The molecule has 0 saturated heterocycles. The Labute approximate surface area is 189 Å². The first kappa shape index (κ1) is 22.1. The van der Waals surface area contributed by atoms with E-state index in [1.807, 2.05) is 37.3 Å². The molecule has 0 atom stereocenters. The van der Waals surface area contributed by atoms with Crippen molar-refractivity contribution in [3.63, 3.8) is 0 Å². The summed E-state index contributed by atoms with van der Waals surface area (Å²) in [7, 11) is 1.51. The van der Waals surface area contributed by atoms with Crippen molar-refractivity contribution < 1.29 is 9.53 Å². The second-order valence-electron chi connectivity index (χ2n) is 7.59. The van der Waals surface area contributed by atoms with Crippen LogP contribution in [0, 0.1) is 6.92 Å². The van der Waals surface area contributed by atoms with Crippen molar-refractivity contribution in [1.82, 2.24) is 18.9 Å². The Balaban J connectivity index is 1.83. The Hall–Kier alpha value is -4.14. The highest BCUT2D eigenvalue weighted by atomic mass is 16.5. The third kappa shape index (κ3) is 4.17. The third-order valence-electron chi connectivity index (χ3n) is 5.44. The summed E-state index contributed by atoms with van der Waals surface area (Å²) in [6, 6.07) is 16.3. The van der Waals surface area contributed by atoms with Crippen LogP contribution in [0.4, 0.5) is 5.69 Å². The number of methoxy groups -OCH3 is 1. The lowest BCUT2D eigenvalue weighted by molar-refractivity contribution is -0.116. The Morgan fingerprint density at radius 1 is 1.00 bits per heavy atom. The number of nitrogens with zero attached hydrogens (tertiary/aromatic N) is 4. The maximum Gasteiger partial charge on any atom is 0.332 e. The van der Waals surface area contributed by atoms with Gasteiger partial charge in [0.15, 0.2) is 5.52 Å². The molecule has 0 aliphatic rings. The summed E-state index contributed by atoms with van der Waals surface area (Å²) in [5.41, 5.74) is 1.49. The minimum absolute atomic E-state index is 0.0938. The average Bonchev–Trinajstić information content (AvgIpc) is 3.16. The summed E-state index contributed by atoms with van der Waals surface area (Å²) in [4.78, 5) is 39.7. The van der Waals surface area contributed by atoms with E-state index in [1.54, 1.807) is 35.9 Å². The lowest BCUT2D eigenvalue weighted by atomic mass is 10.2. The van der Waals surface area contributed by atoms with Crippen molar-refractivity contribution in [2.45, 2.75) is 33.5 Å². The molecule has 4 aromatic rings. The fourth-order valence-electron chi connectivity index (χ4n) is 3.93. The molecule has 2 heterocycles. The predicted octanol–water partition coefficient (Wildman–Crippen LogP) is 2.38. The van der Waals surface area contributed by atoms with Gasteiger partial charge < -0.3 is 10.1 Å². The van der Waals surface area contributed by atoms with Gasteiger partial charge in [-0.1, -0.05) is 42.5 Å². The van der Waals surface area contributed by atoms with Crippen molar-refractivity contribution in [2.24, 2.45) is 0 Å². The van der Waals surface area contributed by atoms with Crippen LogP contribution in [0.25, 0.3) is 11.0 Å². The lowest BCUT2D eigenvalue weighted by Gasteiger charge is -2.14. The smallest absolute Gasteiger partial charge is 0.332 e. The summed E-state index contributed by atoms with van der Waals surface area (Å²) in [6.07, 6.45) is 0. The number of amides is 1. The highest BCUT2D eigenvalue weighted by molar-refractivity contribution is 5.93. The molecule has 4 rings (SSSR count). The number of hydrogen-bond acceptors (Lipinski definition) is 5. The second kappa shape index (κ2) is 9.15. The minimum atomic E-state index is -0.565. The monoisotopic (exact) mass is 447 g/mol. The lowest BCUT2D eigenvalue weighted by Crippen LogP contribution is -2.42. The number of rotatable bonds is 7. The van der Waals surface area contributed by atoms with Gasteiger partial charge in [-0.05, 0) is 31.5 Å².